The molecule has 1 heterocycles. The fourth-order valence-electron chi connectivity index (χ4n) is 2.86. The third-order valence-corrected chi connectivity index (χ3v) is 4.46. The third-order valence-electron chi connectivity index (χ3n) is 4.16. The topological polar surface area (TPSA) is 59.0 Å². The van der Waals surface area contributed by atoms with E-state index in [1.54, 1.807) is 30.2 Å². The molecule has 0 saturated heterocycles. The van der Waals surface area contributed by atoms with Crippen LogP contribution in [0.5, 0.6) is 11.5 Å². The van der Waals surface area contributed by atoms with E-state index in [2.05, 4.69) is 0 Å². The average molecular weight is 362 g/mol. The number of carbonyl (C=O) groups excluding carboxylic acids is 1. The molecule has 0 aromatic heterocycles. The van der Waals surface area contributed by atoms with Crippen LogP contribution in [0.2, 0.25) is 5.02 Å². The number of ether oxygens (including phenoxy) is 2. The lowest BCUT2D eigenvalue weighted by atomic mass is 9.98. The number of amides is 1. The summed E-state index contributed by atoms with van der Waals surface area (Å²) in [7, 11) is 1.66. The van der Waals surface area contributed by atoms with Crippen LogP contribution in [0, 0.1) is 0 Å². The summed E-state index contributed by atoms with van der Waals surface area (Å²) in [5.74, 6) is 0.697. The van der Waals surface area contributed by atoms with Gasteiger partial charge in [-0.1, -0.05) is 11.6 Å². The highest BCUT2D eigenvalue weighted by Crippen LogP contribution is 2.32. The molecule has 0 fully saturated rings. The zero-order chi connectivity index (χ0) is 17.8. The van der Waals surface area contributed by atoms with Crippen molar-refractivity contribution >= 4 is 23.2 Å². The summed E-state index contributed by atoms with van der Waals surface area (Å²) in [5.41, 5.74) is 2.33. The Morgan fingerprint density at radius 3 is 2.80 bits per heavy atom. The highest BCUT2D eigenvalue weighted by molar-refractivity contribution is 6.32. The van der Waals surface area contributed by atoms with Gasteiger partial charge in [0, 0.05) is 37.9 Å². The molecule has 5 nitrogen and oxygen atoms in total. The lowest BCUT2D eigenvalue weighted by molar-refractivity contribution is 0.0980. The summed E-state index contributed by atoms with van der Waals surface area (Å²) < 4.78 is 10.7. The number of nitrogens with zero attached hydrogens (tertiary/aromatic N) is 1. The number of halogens is 1. The first-order valence-electron chi connectivity index (χ1n) is 8.15. The van der Waals surface area contributed by atoms with Crippen molar-refractivity contribution in [3.05, 3.63) is 52.5 Å². The van der Waals surface area contributed by atoms with Gasteiger partial charge in [-0.3, -0.25) is 4.79 Å². The van der Waals surface area contributed by atoms with Gasteiger partial charge in [0.05, 0.1) is 11.6 Å². The maximum atomic E-state index is 12.8. The summed E-state index contributed by atoms with van der Waals surface area (Å²) in [6.07, 6.45) is 1.55. The van der Waals surface area contributed by atoms with Crippen molar-refractivity contribution in [3.8, 4) is 11.5 Å². The number of carbonyl (C=O) groups is 1. The minimum absolute atomic E-state index is 0.00513. The molecule has 1 N–H and O–H groups in total. The largest absolute Gasteiger partial charge is 0.506 e. The third kappa shape index (κ3) is 3.89. The number of rotatable bonds is 6. The predicted molar refractivity (Wildman–Crippen MR) is 96.9 cm³/mol. The zero-order valence-electron chi connectivity index (χ0n) is 14.0. The first-order valence-corrected chi connectivity index (χ1v) is 8.53. The first-order chi connectivity index (χ1) is 12.1. The summed E-state index contributed by atoms with van der Waals surface area (Å²) >= 11 is 5.96. The van der Waals surface area contributed by atoms with Crippen molar-refractivity contribution in [1.29, 1.82) is 0 Å². The number of phenols is 1. The Labute approximate surface area is 151 Å². The van der Waals surface area contributed by atoms with Crippen LogP contribution in [-0.2, 0) is 11.2 Å². The molecule has 0 spiro atoms. The second-order valence-corrected chi connectivity index (χ2v) is 6.26. The van der Waals surface area contributed by atoms with Gasteiger partial charge in [0.25, 0.3) is 5.91 Å². The van der Waals surface area contributed by atoms with Crippen LogP contribution in [0.1, 0.15) is 22.3 Å². The number of hydrogen-bond donors (Lipinski definition) is 1. The number of methoxy groups -OCH3 is 1. The number of fused-ring (bicyclic) bond motifs is 1. The molecular formula is C19H20ClNO4. The maximum Gasteiger partial charge on any atom is 0.258 e. The number of aromatic hydroxyl groups is 1. The van der Waals surface area contributed by atoms with Gasteiger partial charge in [0.1, 0.15) is 11.5 Å². The first kappa shape index (κ1) is 17.6. The molecule has 25 heavy (non-hydrogen) atoms. The molecule has 0 unspecified atom stereocenters. The van der Waals surface area contributed by atoms with Gasteiger partial charge in [0.15, 0.2) is 0 Å². The van der Waals surface area contributed by atoms with Crippen molar-refractivity contribution in [2.45, 2.75) is 12.8 Å². The zero-order valence-corrected chi connectivity index (χ0v) is 14.8. The van der Waals surface area contributed by atoms with Crippen molar-refractivity contribution in [3.63, 3.8) is 0 Å². The Kier molecular flexibility index (Phi) is 5.46. The van der Waals surface area contributed by atoms with Gasteiger partial charge in [-0.25, -0.2) is 0 Å². The van der Waals surface area contributed by atoms with E-state index in [1.165, 1.54) is 6.07 Å². The molecular weight excluding hydrogens is 342 g/mol. The highest BCUT2D eigenvalue weighted by atomic mass is 35.5. The van der Waals surface area contributed by atoms with Crippen LogP contribution in [0.3, 0.4) is 0 Å². The minimum atomic E-state index is -0.0751. The monoisotopic (exact) mass is 361 g/mol. The molecule has 3 rings (SSSR count). The number of benzene rings is 2. The molecule has 1 aliphatic rings. The summed E-state index contributed by atoms with van der Waals surface area (Å²) in [4.78, 5) is 14.5. The van der Waals surface area contributed by atoms with Crippen LogP contribution in [-0.4, -0.2) is 37.9 Å². The standard InChI is InChI=1S/C19H20ClNO4/c1-24-9-2-10-25-15-4-5-16-13(11-15)7-8-21(19(16)23)14-3-6-18(22)17(20)12-14/h3-6,11-12,22H,2,7-10H2,1H3. The molecule has 1 aliphatic heterocycles. The van der Waals surface area contributed by atoms with Crippen molar-refractivity contribution in [2.75, 3.05) is 31.8 Å². The summed E-state index contributed by atoms with van der Waals surface area (Å²) in [6, 6.07) is 10.3. The lowest BCUT2D eigenvalue weighted by Crippen LogP contribution is -2.37. The van der Waals surface area contributed by atoms with E-state index in [1.807, 2.05) is 12.1 Å². The van der Waals surface area contributed by atoms with Crippen LogP contribution in [0.4, 0.5) is 5.69 Å². The summed E-state index contributed by atoms with van der Waals surface area (Å²) in [6.45, 7) is 1.80. The lowest BCUT2D eigenvalue weighted by Gasteiger charge is -2.29. The van der Waals surface area contributed by atoms with E-state index >= 15 is 0 Å². The molecule has 1 amide bonds. The SMILES string of the molecule is COCCCOc1ccc2c(c1)CCN(c1ccc(O)c(Cl)c1)C2=O. The van der Waals surface area contributed by atoms with E-state index in [4.69, 9.17) is 21.1 Å². The smallest absolute Gasteiger partial charge is 0.258 e. The van der Waals surface area contributed by atoms with Gasteiger partial charge < -0.3 is 19.5 Å². The normalized spacial score (nSPS) is 13.7. The number of phenolic OH excluding ortho intramolecular Hbond substituents is 1. The van der Waals surface area contributed by atoms with E-state index in [0.717, 1.165) is 24.2 Å². The van der Waals surface area contributed by atoms with Gasteiger partial charge in [0.2, 0.25) is 0 Å². The van der Waals surface area contributed by atoms with Gasteiger partial charge in [-0.05, 0) is 48.4 Å². The number of anilines is 1. The predicted octanol–water partition coefficient (Wildman–Crippen LogP) is 3.66. The van der Waals surface area contributed by atoms with Gasteiger partial charge >= 0.3 is 0 Å². The van der Waals surface area contributed by atoms with Crippen molar-refractivity contribution in [2.24, 2.45) is 0 Å². The highest BCUT2D eigenvalue weighted by Gasteiger charge is 2.26. The minimum Gasteiger partial charge on any atom is -0.506 e. The quantitative estimate of drug-likeness (QED) is 0.798. The second-order valence-electron chi connectivity index (χ2n) is 5.86. The van der Waals surface area contributed by atoms with E-state index in [0.29, 0.717) is 31.0 Å². The van der Waals surface area contributed by atoms with Crippen molar-refractivity contribution in [1.82, 2.24) is 0 Å². The Hall–Kier alpha value is -2.24. The van der Waals surface area contributed by atoms with E-state index in [-0.39, 0.29) is 16.7 Å². The maximum absolute atomic E-state index is 12.8. The van der Waals surface area contributed by atoms with Crippen LogP contribution < -0.4 is 9.64 Å². The fourth-order valence-corrected chi connectivity index (χ4v) is 3.03. The van der Waals surface area contributed by atoms with Gasteiger partial charge in [-0.2, -0.15) is 0 Å². The Bertz CT molecular complexity index is 778. The molecule has 0 radical (unpaired) electrons. The summed E-state index contributed by atoms with van der Waals surface area (Å²) in [5, 5.41) is 9.78. The van der Waals surface area contributed by atoms with E-state index in [9.17, 15) is 9.90 Å². The Morgan fingerprint density at radius 1 is 1.20 bits per heavy atom. The molecule has 132 valence electrons. The molecule has 0 bridgehead atoms. The molecule has 0 aliphatic carbocycles. The second kappa shape index (κ2) is 7.76. The fraction of sp³-hybridized carbons (Fsp3) is 0.316. The van der Waals surface area contributed by atoms with Gasteiger partial charge in [-0.15, -0.1) is 0 Å². The molecule has 2 aromatic carbocycles. The van der Waals surface area contributed by atoms with Crippen LogP contribution in [0.15, 0.2) is 36.4 Å². The Balaban J connectivity index is 1.75. The Morgan fingerprint density at radius 2 is 2.04 bits per heavy atom. The average Bonchev–Trinajstić information content (AvgIpc) is 2.61. The van der Waals surface area contributed by atoms with Crippen molar-refractivity contribution < 1.29 is 19.4 Å². The van der Waals surface area contributed by atoms with Crippen LogP contribution >= 0.6 is 11.6 Å². The van der Waals surface area contributed by atoms with E-state index < -0.39 is 0 Å². The molecule has 0 atom stereocenters. The molecule has 2 aromatic rings. The number of hydrogen-bond acceptors (Lipinski definition) is 4. The molecule has 6 heteroatoms. The van der Waals surface area contributed by atoms with Crippen LogP contribution in [0.25, 0.3) is 0 Å². The molecule has 0 saturated carbocycles.